The van der Waals surface area contributed by atoms with Gasteiger partial charge in [-0.25, -0.2) is 0 Å². The summed E-state index contributed by atoms with van der Waals surface area (Å²) in [5.41, 5.74) is 5.38. The molecule has 0 spiro atoms. The van der Waals surface area contributed by atoms with E-state index in [1.54, 1.807) is 0 Å². The Kier molecular flexibility index (Phi) is 12.4. The zero-order chi connectivity index (χ0) is 27.2. The smallest absolute Gasteiger partial charge is 0.0491 e. The first-order valence-electron chi connectivity index (χ1n) is 14.6. The molecule has 0 amide bonds. The van der Waals surface area contributed by atoms with E-state index in [2.05, 4.69) is 113 Å². The predicted octanol–water partition coefficient (Wildman–Crippen LogP) is 7.97. The van der Waals surface area contributed by atoms with Crippen LogP contribution in [-0.4, -0.2) is 48.7 Å². The Morgan fingerprint density at radius 2 is 1.53 bits per heavy atom. The number of hydrogen-bond acceptors (Lipinski definition) is 3. The van der Waals surface area contributed by atoms with Crippen molar-refractivity contribution in [2.75, 3.05) is 44.2 Å². The molecule has 5 rings (SSSR count). The van der Waals surface area contributed by atoms with Crippen molar-refractivity contribution < 1.29 is 1.43 Å². The highest BCUT2D eigenvalue weighted by molar-refractivity contribution is 6.08. The van der Waals surface area contributed by atoms with Gasteiger partial charge in [-0.3, -0.25) is 4.90 Å². The van der Waals surface area contributed by atoms with E-state index in [0.29, 0.717) is 0 Å². The van der Waals surface area contributed by atoms with Crippen LogP contribution in [0.25, 0.3) is 21.8 Å². The average molecular weight is 515 g/mol. The third-order valence-electron chi connectivity index (χ3n) is 7.07. The maximum atomic E-state index is 3.66. The Morgan fingerprint density at radius 3 is 2.18 bits per heavy atom. The molecule has 3 aromatic carbocycles. The van der Waals surface area contributed by atoms with Crippen LogP contribution >= 0.6 is 0 Å². The van der Waals surface area contributed by atoms with E-state index in [1.165, 1.54) is 39.5 Å². The van der Waals surface area contributed by atoms with Gasteiger partial charge in [0.05, 0.1) is 0 Å². The summed E-state index contributed by atoms with van der Waals surface area (Å²) in [6, 6.07) is 26.5. The molecule has 0 saturated carbocycles. The number of fused-ring (bicyclic) bond motifs is 3. The third-order valence-corrected chi connectivity index (χ3v) is 7.07. The summed E-state index contributed by atoms with van der Waals surface area (Å²) in [5, 5.41) is 6.39. The van der Waals surface area contributed by atoms with Crippen LogP contribution in [0.1, 0.15) is 47.5 Å². The van der Waals surface area contributed by atoms with E-state index < -0.39 is 0 Å². The number of hydrogen-bond donors (Lipinski definition) is 1. The average Bonchev–Trinajstić information content (AvgIpc) is 3.31. The number of nitrogens with one attached hydrogen (secondary N) is 1. The van der Waals surface area contributed by atoms with Crippen molar-refractivity contribution >= 4 is 27.5 Å². The summed E-state index contributed by atoms with van der Waals surface area (Å²) >= 11 is 0. The van der Waals surface area contributed by atoms with Gasteiger partial charge in [-0.1, -0.05) is 75.7 Å². The normalized spacial score (nSPS) is 13.5. The van der Waals surface area contributed by atoms with Crippen molar-refractivity contribution in [3.8, 4) is 0 Å². The molecule has 2 heterocycles. The fourth-order valence-electron chi connectivity index (χ4n) is 5.09. The second-order valence-electron chi connectivity index (χ2n) is 9.53. The highest BCUT2D eigenvalue weighted by Crippen LogP contribution is 2.29. The molecule has 38 heavy (non-hydrogen) atoms. The standard InChI is InChI=1S/C27H32N4.C5H10.C2H6.H2/c1-2-31-26-11-7-6-10-24(26)25-20-22(12-13-27(25)31)21-28-14-15-29-16-18-30(19-17-29)23-8-4-3-5-9-23;1-3-5-4-2;1-2;/h3-13,20,28H,2,14-19,21H2,1H3;3H,1,4-5H2,2H3;1-2H3;1H. The zero-order valence-electron chi connectivity index (χ0n) is 24.1. The molecule has 1 saturated heterocycles. The van der Waals surface area contributed by atoms with Crippen LogP contribution in [0, 0.1) is 0 Å². The first-order valence-corrected chi connectivity index (χ1v) is 14.6. The van der Waals surface area contributed by atoms with Gasteiger partial charge in [-0.15, -0.1) is 6.58 Å². The number of aromatic nitrogens is 1. The van der Waals surface area contributed by atoms with Crippen molar-refractivity contribution in [2.24, 2.45) is 0 Å². The molecule has 4 heteroatoms. The van der Waals surface area contributed by atoms with Gasteiger partial charge < -0.3 is 14.8 Å². The van der Waals surface area contributed by atoms with Crippen molar-refractivity contribution in [3.05, 3.63) is 91.0 Å². The van der Waals surface area contributed by atoms with Crippen LogP contribution in [0.2, 0.25) is 0 Å². The van der Waals surface area contributed by atoms with Gasteiger partial charge in [-0.2, -0.15) is 0 Å². The third kappa shape index (κ3) is 7.72. The van der Waals surface area contributed by atoms with Crippen molar-refractivity contribution in [3.63, 3.8) is 0 Å². The first kappa shape index (κ1) is 29.5. The van der Waals surface area contributed by atoms with Crippen LogP contribution < -0.4 is 10.2 Å². The molecular weight excluding hydrogens is 464 g/mol. The molecule has 4 aromatic rings. The molecule has 0 radical (unpaired) electrons. The Balaban J connectivity index is 0.000000603. The summed E-state index contributed by atoms with van der Waals surface area (Å²) in [6.45, 7) is 20.5. The van der Waals surface area contributed by atoms with Gasteiger partial charge in [0.1, 0.15) is 0 Å². The summed E-state index contributed by atoms with van der Waals surface area (Å²) in [4.78, 5) is 5.07. The number of unbranched alkanes of at least 4 members (excludes halogenated alkanes) is 1. The number of piperazine rings is 1. The first-order chi connectivity index (χ1) is 18.7. The van der Waals surface area contributed by atoms with E-state index in [-0.39, 0.29) is 1.43 Å². The number of anilines is 1. The minimum Gasteiger partial charge on any atom is -0.369 e. The minimum absolute atomic E-state index is 0. The Labute approximate surface area is 232 Å². The number of benzene rings is 3. The number of rotatable bonds is 9. The molecule has 1 aliphatic rings. The lowest BCUT2D eigenvalue weighted by molar-refractivity contribution is 0.257. The van der Waals surface area contributed by atoms with E-state index in [9.17, 15) is 0 Å². The minimum atomic E-state index is 0. The summed E-state index contributed by atoms with van der Waals surface area (Å²) in [7, 11) is 0. The van der Waals surface area contributed by atoms with E-state index in [0.717, 1.165) is 58.8 Å². The van der Waals surface area contributed by atoms with Gasteiger partial charge in [0.2, 0.25) is 0 Å². The topological polar surface area (TPSA) is 23.4 Å². The molecule has 0 bridgehead atoms. The molecule has 206 valence electrons. The maximum Gasteiger partial charge on any atom is 0.0491 e. The molecule has 4 nitrogen and oxygen atoms in total. The van der Waals surface area contributed by atoms with Gasteiger partial charge in [0.25, 0.3) is 0 Å². The molecule has 0 aliphatic carbocycles. The Bertz CT molecular complexity index is 1230. The SMILES string of the molecule is C=CCCC.CC.CCn1c2ccccc2c2cc(CNCCN3CCN(c4ccccc4)CC3)ccc21.[HH]. The van der Waals surface area contributed by atoms with E-state index in [4.69, 9.17) is 0 Å². The molecule has 1 N–H and O–H groups in total. The highest BCUT2D eigenvalue weighted by Gasteiger charge is 2.16. The summed E-state index contributed by atoms with van der Waals surface area (Å²) in [5.74, 6) is 0. The Hall–Kier alpha value is -3.08. The quantitative estimate of drug-likeness (QED) is 0.181. The molecule has 0 atom stereocenters. The summed E-state index contributed by atoms with van der Waals surface area (Å²) in [6.07, 6.45) is 4.31. The fraction of sp³-hybridized carbons (Fsp3) is 0.412. The number of aryl methyl sites for hydroxylation is 1. The molecular formula is C34H50N4. The maximum absolute atomic E-state index is 3.66. The van der Waals surface area contributed by atoms with E-state index in [1.807, 2.05) is 19.9 Å². The molecule has 1 aliphatic heterocycles. The van der Waals surface area contributed by atoms with Gasteiger partial charge in [0.15, 0.2) is 0 Å². The largest absolute Gasteiger partial charge is 0.369 e. The zero-order valence-corrected chi connectivity index (χ0v) is 24.1. The van der Waals surface area contributed by atoms with E-state index >= 15 is 0 Å². The van der Waals surface area contributed by atoms with Crippen LogP contribution in [0.5, 0.6) is 0 Å². The lowest BCUT2D eigenvalue weighted by Gasteiger charge is -2.36. The van der Waals surface area contributed by atoms with Crippen molar-refractivity contribution in [2.45, 2.75) is 53.6 Å². The second kappa shape index (κ2) is 16.0. The number of allylic oxidation sites excluding steroid dienone is 1. The highest BCUT2D eigenvalue weighted by atomic mass is 15.3. The van der Waals surface area contributed by atoms with Crippen LogP contribution in [0.4, 0.5) is 5.69 Å². The van der Waals surface area contributed by atoms with Crippen molar-refractivity contribution in [1.29, 1.82) is 0 Å². The van der Waals surface area contributed by atoms with Crippen LogP contribution in [0.15, 0.2) is 85.5 Å². The molecule has 1 fully saturated rings. The monoisotopic (exact) mass is 514 g/mol. The lowest BCUT2D eigenvalue weighted by Crippen LogP contribution is -2.48. The second-order valence-corrected chi connectivity index (χ2v) is 9.53. The summed E-state index contributed by atoms with van der Waals surface area (Å²) < 4.78 is 2.41. The number of nitrogens with zero attached hydrogens (tertiary/aromatic N) is 3. The van der Waals surface area contributed by atoms with Gasteiger partial charge >= 0.3 is 0 Å². The molecule has 1 aromatic heterocycles. The predicted molar refractivity (Wildman–Crippen MR) is 170 cm³/mol. The Morgan fingerprint density at radius 1 is 0.842 bits per heavy atom. The fourth-order valence-corrected chi connectivity index (χ4v) is 5.09. The van der Waals surface area contributed by atoms with Gasteiger partial charge in [0, 0.05) is 81.3 Å². The molecule has 0 unspecified atom stereocenters. The van der Waals surface area contributed by atoms with Crippen LogP contribution in [-0.2, 0) is 13.1 Å². The van der Waals surface area contributed by atoms with Crippen LogP contribution in [0.3, 0.4) is 0 Å². The van der Waals surface area contributed by atoms with Gasteiger partial charge in [-0.05, 0) is 49.2 Å². The number of para-hydroxylation sites is 2. The lowest BCUT2D eigenvalue weighted by atomic mass is 10.1. The van der Waals surface area contributed by atoms with Crippen molar-refractivity contribution in [1.82, 2.24) is 14.8 Å².